The van der Waals surface area contributed by atoms with Crippen LogP contribution in [0.4, 0.5) is 5.13 Å². The van der Waals surface area contributed by atoms with E-state index < -0.39 is 10.0 Å². The molecule has 0 saturated heterocycles. The van der Waals surface area contributed by atoms with Crippen LogP contribution in [0, 0.1) is 6.92 Å². The number of sulfonamides is 1. The van der Waals surface area contributed by atoms with E-state index in [4.69, 9.17) is 0 Å². The van der Waals surface area contributed by atoms with E-state index in [2.05, 4.69) is 15.3 Å². The Labute approximate surface area is 168 Å². The standard InChI is InChI=1S/C18H23N5O3S2/c1-5-23-15-7-6-13(28(25,26)22(3)4)10-14(15)20-16(23)8-9-17(24)21-18-19-11-12(2)27-18/h6-7,10-11H,5,8-9H2,1-4H3,(H,19,21,24). The van der Waals surface area contributed by atoms with Gasteiger partial charge in [0, 0.05) is 44.6 Å². The Hall–Kier alpha value is -2.30. The van der Waals surface area contributed by atoms with E-state index in [1.54, 1.807) is 24.4 Å². The minimum Gasteiger partial charge on any atom is -0.328 e. The molecule has 150 valence electrons. The molecule has 1 aromatic carbocycles. The Kier molecular flexibility index (Phi) is 5.82. The molecule has 10 heteroatoms. The molecule has 2 aromatic heterocycles. The number of nitrogens with zero attached hydrogens (tertiary/aromatic N) is 4. The number of anilines is 1. The number of carbonyl (C=O) groups is 1. The van der Waals surface area contributed by atoms with Crippen LogP contribution in [0.15, 0.2) is 29.3 Å². The van der Waals surface area contributed by atoms with Gasteiger partial charge in [-0.3, -0.25) is 4.79 Å². The number of thiazole rings is 1. The van der Waals surface area contributed by atoms with Crippen molar-refractivity contribution in [2.45, 2.75) is 38.1 Å². The van der Waals surface area contributed by atoms with Crippen molar-refractivity contribution < 1.29 is 13.2 Å². The topological polar surface area (TPSA) is 97.2 Å². The average molecular weight is 422 g/mol. The largest absolute Gasteiger partial charge is 0.328 e. The summed E-state index contributed by atoms with van der Waals surface area (Å²) in [6, 6.07) is 4.94. The molecule has 0 fully saturated rings. The number of fused-ring (bicyclic) bond motifs is 1. The van der Waals surface area contributed by atoms with E-state index >= 15 is 0 Å². The Balaban J connectivity index is 1.81. The SMILES string of the molecule is CCn1c(CCC(=O)Nc2ncc(C)s2)nc2cc(S(=O)(=O)N(C)C)ccc21. The van der Waals surface area contributed by atoms with Crippen molar-refractivity contribution in [1.29, 1.82) is 0 Å². The Morgan fingerprint density at radius 2 is 2.07 bits per heavy atom. The van der Waals surface area contributed by atoms with Crippen molar-refractivity contribution in [2.24, 2.45) is 0 Å². The zero-order valence-corrected chi connectivity index (χ0v) is 17.9. The van der Waals surface area contributed by atoms with Crippen molar-refractivity contribution in [3.05, 3.63) is 35.1 Å². The minimum absolute atomic E-state index is 0.125. The zero-order chi connectivity index (χ0) is 20.5. The number of hydrogen-bond acceptors (Lipinski definition) is 6. The van der Waals surface area contributed by atoms with Crippen LogP contribution >= 0.6 is 11.3 Å². The molecule has 1 N–H and O–H groups in total. The first-order valence-electron chi connectivity index (χ1n) is 8.86. The van der Waals surface area contributed by atoms with Crippen LogP contribution < -0.4 is 5.32 Å². The second kappa shape index (κ2) is 7.98. The first-order valence-corrected chi connectivity index (χ1v) is 11.1. The number of rotatable bonds is 7. The van der Waals surface area contributed by atoms with Crippen LogP contribution in [-0.2, 0) is 27.8 Å². The second-order valence-electron chi connectivity index (χ2n) is 6.53. The van der Waals surface area contributed by atoms with Gasteiger partial charge in [0.2, 0.25) is 15.9 Å². The normalized spacial score (nSPS) is 12.0. The monoisotopic (exact) mass is 421 g/mol. The maximum atomic E-state index is 12.4. The van der Waals surface area contributed by atoms with Gasteiger partial charge in [-0.15, -0.1) is 11.3 Å². The fourth-order valence-corrected chi connectivity index (χ4v) is 4.50. The lowest BCUT2D eigenvalue weighted by Gasteiger charge is -2.11. The summed E-state index contributed by atoms with van der Waals surface area (Å²) in [5.74, 6) is 0.627. The summed E-state index contributed by atoms with van der Waals surface area (Å²) in [5, 5.41) is 3.38. The van der Waals surface area contributed by atoms with Crippen molar-refractivity contribution in [2.75, 3.05) is 19.4 Å². The van der Waals surface area contributed by atoms with Crippen molar-refractivity contribution >= 4 is 43.4 Å². The van der Waals surface area contributed by atoms with Crippen molar-refractivity contribution in [3.8, 4) is 0 Å². The average Bonchev–Trinajstić information content (AvgIpc) is 3.21. The van der Waals surface area contributed by atoms with Gasteiger partial charge in [0.05, 0.1) is 15.9 Å². The first-order chi connectivity index (χ1) is 13.2. The molecule has 0 spiro atoms. The molecule has 28 heavy (non-hydrogen) atoms. The minimum atomic E-state index is -3.52. The number of benzene rings is 1. The molecule has 0 saturated carbocycles. The second-order valence-corrected chi connectivity index (χ2v) is 9.92. The summed E-state index contributed by atoms with van der Waals surface area (Å²) in [5.41, 5.74) is 1.46. The molecule has 0 unspecified atom stereocenters. The fraction of sp³-hybridized carbons (Fsp3) is 0.389. The maximum Gasteiger partial charge on any atom is 0.242 e. The third-order valence-electron chi connectivity index (χ3n) is 4.34. The van der Waals surface area contributed by atoms with Gasteiger partial charge in [-0.1, -0.05) is 0 Å². The summed E-state index contributed by atoms with van der Waals surface area (Å²) in [4.78, 5) is 22.2. The zero-order valence-electron chi connectivity index (χ0n) is 16.3. The summed E-state index contributed by atoms with van der Waals surface area (Å²) in [7, 11) is -0.526. The Morgan fingerprint density at radius 1 is 1.32 bits per heavy atom. The number of hydrogen-bond donors (Lipinski definition) is 1. The lowest BCUT2D eigenvalue weighted by molar-refractivity contribution is -0.116. The van der Waals surface area contributed by atoms with Gasteiger partial charge >= 0.3 is 0 Å². The van der Waals surface area contributed by atoms with Crippen molar-refractivity contribution in [3.63, 3.8) is 0 Å². The van der Waals surface area contributed by atoms with Gasteiger partial charge in [0.15, 0.2) is 5.13 Å². The summed E-state index contributed by atoms with van der Waals surface area (Å²) in [6.45, 7) is 4.61. The highest BCUT2D eigenvalue weighted by atomic mass is 32.2. The molecule has 3 aromatic rings. The summed E-state index contributed by atoms with van der Waals surface area (Å²) < 4.78 is 27.9. The number of aryl methyl sites for hydroxylation is 3. The lowest BCUT2D eigenvalue weighted by Crippen LogP contribution is -2.22. The lowest BCUT2D eigenvalue weighted by atomic mass is 10.3. The van der Waals surface area contributed by atoms with E-state index in [1.165, 1.54) is 29.7 Å². The molecule has 0 radical (unpaired) electrons. The molecule has 1 amide bonds. The van der Waals surface area contributed by atoms with E-state index in [1.807, 2.05) is 18.4 Å². The van der Waals surface area contributed by atoms with Gasteiger partial charge < -0.3 is 9.88 Å². The summed E-state index contributed by atoms with van der Waals surface area (Å²) >= 11 is 1.43. The van der Waals surface area contributed by atoms with Crippen molar-refractivity contribution in [1.82, 2.24) is 18.8 Å². The molecular weight excluding hydrogens is 398 g/mol. The first kappa shape index (κ1) is 20.4. The molecule has 0 atom stereocenters. The number of nitrogens with one attached hydrogen (secondary N) is 1. The van der Waals surface area contributed by atoms with Gasteiger partial charge in [-0.2, -0.15) is 0 Å². The molecule has 0 aliphatic heterocycles. The van der Waals surface area contributed by atoms with Crippen LogP contribution in [0.25, 0.3) is 11.0 Å². The van der Waals surface area contributed by atoms with Crippen LogP contribution in [0.2, 0.25) is 0 Å². The number of carbonyl (C=O) groups excluding carboxylic acids is 1. The highest BCUT2D eigenvalue weighted by Gasteiger charge is 2.19. The highest BCUT2D eigenvalue weighted by molar-refractivity contribution is 7.89. The van der Waals surface area contributed by atoms with E-state index in [-0.39, 0.29) is 17.2 Å². The van der Waals surface area contributed by atoms with E-state index in [0.717, 1.165) is 16.2 Å². The molecule has 0 aliphatic rings. The number of amides is 1. The quantitative estimate of drug-likeness (QED) is 0.632. The van der Waals surface area contributed by atoms with Crippen LogP contribution in [-0.4, -0.2) is 47.3 Å². The number of imidazole rings is 1. The smallest absolute Gasteiger partial charge is 0.242 e. The van der Waals surface area contributed by atoms with E-state index in [0.29, 0.717) is 23.6 Å². The maximum absolute atomic E-state index is 12.4. The van der Waals surface area contributed by atoms with Gasteiger partial charge in [-0.05, 0) is 32.0 Å². The van der Waals surface area contributed by atoms with Crippen LogP contribution in [0.5, 0.6) is 0 Å². The molecule has 0 bridgehead atoms. The highest BCUT2D eigenvalue weighted by Crippen LogP contribution is 2.23. The molecule has 3 rings (SSSR count). The van der Waals surface area contributed by atoms with Crippen LogP contribution in [0.3, 0.4) is 0 Å². The molecule has 0 aliphatic carbocycles. The van der Waals surface area contributed by atoms with Gasteiger partial charge in [0.25, 0.3) is 0 Å². The summed E-state index contributed by atoms with van der Waals surface area (Å²) in [6.07, 6.45) is 2.44. The van der Waals surface area contributed by atoms with Crippen LogP contribution in [0.1, 0.15) is 24.0 Å². The Bertz CT molecular complexity index is 1120. The molecule has 2 heterocycles. The predicted octanol–water partition coefficient (Wildman–Crippen LogP) is 2.64. The molecular formula is C18H23N5O3S2. The fourth-order valence-electron chi connectivity index (χ4n) is 2.89. The van der Waals surface area contributed by atoms with Gasteiger partial charge in [0.1, 0.15) is 5.82 Å². The third kappa shape index (κ3) is 4.08. The third-order valence-corrected chi connectivity index (χ3v) is 6.98. The van der Waals surface area contributed by atoms with E-state index in [9.17, 15) is 13.2 Å². The number of aromatic nitrogens is 3. The van der Waals surface area contributed by atoms with Gasteiger partial charge in [-0.25, -0.2) is 22.7 Å². The molecule has 8 nitrogen and oxygen atoms in total. The Morgan fingerprint density at radius 3 is 2.68 bits per heavy atom. The predicted molar refractivity (Wildman–Crippen MR) is 110 cm³/mol.